The Labute approximate surface area is 176 Å². The molecule has 7 nitrogen and oxygen atoms in total. The van der Waals surface area contributed by atoms with Crippen LogP contribution in [-0.2, 0) is 15.6 Å². The number of carbonyl (C=O) groups is 1. The van der Waals surface area contributed by atoms with Crippen molar-refractivity contribution in [3.05, 3.63) is 23.5 Å². The van der Waals surface area contributed by atoms with Gasteiger partial charge in [0.2, 0.25) is 12.7 Å². The molecule has 30 heavy (non-hydrogen) atoms. The number of hydrogen-bond acceptors (Lipinski definition) is 6. The lowest BCUT2D eigenvalue weighted by Crippen LogP contribution is -2.57. The summed E-state index contributed by atoms with van der Waals surface area (Å²) in [4.78, 5) is 28.7. The molecule has 0 spiro atoms. The van der Waals surface area contributed by atoms with Crippen LogP contribution in [0, 0.1) is 5.41 Å². The highest BCUT2D eigenvalue weighted by Crippen LogP contribution is 2.70. The lowest BCUT2D eigenvalue weighted by molar-refractivity contribution is -0.143. The minimum absolute atomic E-state index is 0.178. The van der Waals surface area contributed by atoms with Crippen LogP contribution in [0.25, 0.3) is 11.0 Å². The first-order chi connectivity index (χ1) is 14.3. The topological polar surface area (TPSA) is 67.8 Å². The SMILES string of the molecule is CN1CCN(C(=O)C23CCC(C)(c4nc5cc6c(cc5nc42)OCO6)C3(C)C)CC1. The molecule has 1 amide bonds. The minimum Gasteiger partial charge on any atom is -0.454 e. The van der Waals surface area contributed by atoms with E-state index in [2.05, 4.69) is 37.6 Å². The van der Waals surface area contributed by atoms with Crippen molar-refractivity contribution in [1.29, 1.82) is 0 Å². The van der Waals surface area contributed by atoms with Crippen molar-refractivity contribution in [2.24, 2.45) is 5.41 Å². The second kappa shape index (κ2) is 5.63. The van der Waals surface area contributed by atoms with Crippen LogP contribution in [0.4, 0.5) is 0 Å². The Balaban J connectivity index is 1.54. The number of ether oxygens (including phenoxy) is 2. The van der Waals surface area contributed by atoms with E-state index in [9.17, 15) is 4.79 Å². The summed E-state index contributed by atoms with van der Waals surface area (Å²) in [5.41, 5.74) is 2.41. The molecule has 2 unspecified atom stereocenters. The molecule has 2 aliphatic carbocycles. The number of carbonyl (C=O) groups excluding carboxylic acids is 1. The zero-order valence-corrected chi connectivity index (χ0v) is 18.1. The van der Waals surface area contributed by atoms with E-state index in [0.29, 0.717) is 11.5 Å². The molecule has 2 fully saturated rings. The first-order valence-corrected chi connectivity index (χ1v) is 10.9. The molecule has 1 aromatic carbocycles. The predicted octanol–water partition coefficient (Wildman–Crippen LogP) is 2.46. The quantitative estimate of drug-likeness (QED) is 0.722. The van der Waals surface area contributed by atoms with Crippen molar-refractivity contribution >= 4 is 16.9 Å². The summed E-state index contributed by atoms with van der Waals surface area (Å²) >= 11 is 0. The van der Waals surface area contributed by atoms with Gasteiger partial charge in [0.05, 0.1) is 27.8 Å². The van der Waals surface area contributed by atoms with E-state index < -0.39 is 5.41 Å². The number of amides is 1. The summed E-state index contributed by atoms with van der Waals surface area (Å²) < 4.78 is 11.1. The van der Waals surface area contributed by atoms with Crippen LogP contribution in [0.15, 0.2) is 12.1 Å². The third-order valence-electron chi connectivity index (χ3n) is 8.69. The molecule has 158 valence electrons. The maximum Gasteiger partial charge on any atom is 0.235 e. The van der Waals surface area contributed by atoms with Crippen LogP contribution in [0.5, 0.6) is 11.5 Å². The molecule has 2 bridgehead atoms. The second-order valence-electron chi connectivity index (χ2n) is 10.1. The maximum absolute atomic E-state index is 14.1. The molecular formula is C23H28N4O3. The van der Waals surface area contributed by atoms with Gasteiger partial charge in [0.1, 0.15) is 0 Å². The summed E-state index contributed by atoms with van der Waals surface area (Å²) in [6.07, 6.45) is 1.79. The first-order valence-electron chi connectivity index (χ1n) is 10.9. The molecule has 0 N–H and O–H groups in total. The van der Waals surface area contributed by atoms with E-state index in [1.54, 1.807) is 0 Å². The zero-order valence-electron chi connectivity index (χ0n) is 18.1. The summed E-state index contributed by atoms with van der Waals surface area (Å²) in [6.45, 7) is 10.4. The highest BCUT2D eigenvalue weighted by molar-refractivity contribution is 5.93. The predicted molar refractivity (Wildman–Crippen MR) is 112 cm³/mol. The molecular weight excluding hydrogens is 380 g/mol. The van der Waals surface area contributed by atoms with E-state index in [1.165, 1.54) is 0 Å². The van der Waals surface area contributed by atoms with Gasteiger partial charge in [0.25, 0.3) is 0 Å². The number of piperazine rings is 1. The molecule has 0 radical (unpaired) electrons. The van der Waals surface area contributed by atoms with Gasteiger partial charge in [-0.2, -0.15) is 0 Å². The summed E-state index contributed by atoms with van der Waals surface area (Å²) in [5, 5.41) is 0. The van der Waals surface area contributed by atoms with Crippen LogP contribution in [0.2, 0.25) is 0 Å². The normalized spacial score (nSPS) is 31.4. The van der Waals surface area contributed by atoms with E-state index in [-0.39, 0.29) is 23.5 Å². The van der Waals surface area contributed by atoms with Gasteiger partial charge in [-0.05, 0) is 25.3 Å². The smallest absolute Gasteiger partial charge is 0.235 e. The molecule has 1 saturated heterocycles. The lowest BCUT2D eigenvalue weighted by Gasteiger charge is -2.44. The van der Waals surface area contributed by atoms with Gasteiger partial charge in [0, 0.05) is 43.7 Å². The van der Waals surface area contributed by atoms with E-state index in [0.717, 1.165) is 61.4 Å². The highest BCUT2D eigenvalue weighted by Gasteiger charge is 2.73. The number of rotatable bonds is 1. The monoisotopic (exact) mass is 408 g/mol. The fraction of sp³-hybridized carbons (Fsp3) is 0.609. The zero-order chi connectivity index (χ0) is 20.9. The standard InChI is InChI=1S/C23H28N4O3/c1-21(2)22(3)5-6-23(21,20(28)27-9-7-26(4)8-10-27)19-18(22)24-14-11-16-17(30-13-29-16)12-15(14)25-19/h11-12H,5-10,13H2,1-4H3. The Morgan fingerprint density at radius 1 is 0.933 bits per heavy atom. The fourth-order valence-electron chi connectivity index (χ4n) is 6.25. The van der Waals surface area contributed by atoms with E-state index in [1.807, 2.05) is 12.1 Å². The third-order valence-corrected chi connectivity index (χ3v) is 8.69. The van der Waals surface area contributed by atoms with Gasteiger partial charge in [-0.15, -0.1) is 0 Å². The molecule has 4 aliphatic rings. The van der Waals surface area contributed by atoms with Crippen LogP contribution in [0.3, 0.4) is 0 Å². The summed E-state index contributed by atoms with van der Waals surface area (Å²) in [6, 6.07) is 3.82. The van der Waals surface area contributed by atoms with Crippen molar-refractivity contribution < 1.29 is 14.3 Å². The van der Waals surface area contributed by atoms with Gasteiger partial charge in [-0.1, -0.05) is 20.8 Å². The fourth-order valence-corrected chi connectivity index (χ4v) is 6.25. The van der Waals surface area contributed by atoms with Crippen LogP contribution in [0.1, 0.15) is 45.0 Å². The van der Waals surface area contributed by atoms with E-state index >= 15 is 0 Å². The Morgan fingerprint density at radius 3 is 2.17 bits per heavy atom. The largest absolute Gasteiger partial charge is 0.454 e. The van der Waals surface area contributed by atoms with E-state index in [4.69, 9.17) is 19.4 Å². The lowest BCUT2D eigenvalue weighted by atomic mass is 9.63. The van der Waals surface area contributed by atoms with Crippen molar-refractivity contribution in [3.63, 3.8) is 0 Å². The van der Waals surface area contributed by atoms with Crippen LogP contribution < -0.4 is 9.47 Å². The third kappa shape index (κ3) is 1.97. The number of hydrogen-bond donors (Lipinski definition) is 0. The Kier molecular flexibility index (Phi) is 3.45. The van der Waals surface area contributed by atoms with Crippen molar-refractivity contribution in [2.45, 2.75) is 44.4 Å². The average Bonchev–Trinajstić information content (AvgIpc) is 3.30. The molecule has 7 heteroatoms. The average molecular weight is 409 g/mol. The van der Waals surface area contributed by atoms with Crippen molar-refractivity contribution in [3.8, 4) is 11.5 Å². The number of aromatic nitrogens is 2. The molecule has 6 rings (SSSR count). The number of benzene rings is 1. The number of fused-ring (bicyclic) bond motifs is 7. The van der Waals surface area contributed by atoms with Crippen molar-refractivity contribution in [1.82, 2.24) is 19.8 Å². The Hall–Kier alpha value is -2.41. The molecule has 1 aromatic heterocycles. The molecule has 2 aliphatic heterocycles. The van der Waals surface area contributed by atoms with Gasteiger partial charge in [-0.3, -0.25) is 4.79 Å². The minimum atomic E-state index is -0.620. The van der Waals surface area contributed by atoms with Gasteiger partial charge >= 0.3 is 0 Å². The van der Waals surface area contributed by atoms with Crippen LogP contribution >= 0.6 is 0 Å². The maximum atomic E-state index is 14.1. The van der Waals surface area contributed by atoms with Gasteiger partial charge < -0.3 is 19.3 Å². The molecule has 2 aromatic rings. The molecule has 2 atom stereocenters. The van der Waals surface area contributed by atoms with Gasteiger partial charge in [0.15, 0.2) is 11.5 Å². The number of likely N-dealkylation sites (N-methyl/N-ethyl adjacent to an activating group) is 1. The van der Waals surface area contributed by atoms with Gasteiger partial charge in [-0.25, -0.2) is 9.97 Å². The van der Waals surface area contributed by atoms with Crippen molar-refractivity contribution in [2.75, 3.05) is 40.0 Å². The molecule has 3 heterocycles. The summed E-state index contributed by atoms with van der Waals surface area (Å²) in [7, 11) is 2.11. The molecule has 1 saturated carbocycles. The number of nitrogens with zero attached hydrogens (tertiary/aromatic N) is 4. The highest BCUT2D eigenvalue weighted by atomic mass is 16.7. The first kappa shape index (κ1) is 18.4. The van der Waals surface area contributed by atoms with Crippen LogP contribution in [-0.4, -0.2) is 65.7 Å². The second-order valence-corrected chi connectivity index (χ2v) is 10.1. The Morgan fingerprint density at radius 2 is 1.53 bits per heavy atom. The Bertz CT molecular complexity index is 1090. The summed E-state index contributed by atoms with van der Waals surface area (Å²) in [5.74, 6) is 1.65.